The molecule has 146 valence electrons. The number of halogens is 1. The Kier molecular flexibility index (Phi) is 5.14. The summed E-state index contributed by atoms with van der Waals surface area (Å²) in [6.07, 6.45) is -0.722. The summed E-state index contributed by atoms with van der Waals surface area (Å²) >= 11 is 3.40. The average molecular weight is 451 g/mol. The standard InChI is InChI=1S/C22H19BrN4O2/c1-14-10-21(29)27-20-5-3-2-4-19(20)26(22(27)18(14)11-24)13-17(28)12-25-16-8-6-15(23)7-9-16/h2-10,17,25,28H,12-13H2,1H3/t17-/m1/s1. The molecule has 0 fully saturated rings. The molecule has 0 amide bonds. The highest BCUT2D eigenvalue weighted by atomic mass is 79.9. The van der Waals surface area contributed by atoms with Crippen LogP contribution >= 0.6 is 15.9 Å². The second kappa shape index (κ2) is 7.74. The third-order valence-electron chi connectivity index (χ3n) is 4.95. The first kappa shape index (κ1) is 19.2. The molecule has 0 saturated heterocycles. The van der Waals surface area contributed by atoms with Crippen molar-refractivity contribution in [2.75, 3.05) is 11.9 Å². The Morgan fingerprint density at radius 3 is 2.55 bits per heavy atom. The van der Waals surface area contributed by atoms with Crippen LogP contribution in [0.5, 0.6) is 0 Å². The van der Waals surface area contributed by atoms with E-state index in [1.54, 1.807) is 11.3 Å². The number of rotatable bonds is 5. The lowest BCUT2D eigenvalue weighted by Gasteiger charge is -2.16. The molecule has 0 radical (unpaired) electrons. The van der Waals surface area contributed by atoms with Crippen LogP contribution in [0.25, 0.3) is 16.7 Å². The maximum Gasteiger partial charge on any atom is 0.257 e. The molecular formula is C22H19BrN4O2. The molecule has 2 aromatic heterocycles. The molecule has 7 heteroatoms. The molecular weight excluding hydrogens is 432 g/mol. The fraction of sp³-hybridized carbons (Fsp3) is 0.182. The number of fused-ring (bicyclic) bond motifs is 3. The summed E-state index contributed by atoms with van der Waals surface area (Å²) in [5.74, 6) is 0. The zero-order chi connectivity index (χ0) is 20.5. The van der Waals surface area contributed by atoms with Crippen LogP contribution in [0.2, 0.25) is 0 Å². The Morgan fingerprint density at radius 1 is 1.17 bits per heavy atom. The van der Waals surface area contributed by atoms with Crippen molar-refractivity contribution in [3.8, 4) is 6.07 Å². The summed E-state index contributed by atoms with van der Waals surface area (Å²) in [4.78, 5) is 12.7. The van der Waals surface area contributed by atoms with E-state index >= 15 is 0 Å². The van der Waals surface area contributed by atoms with Crippen molar-refractivity contribution in [1.29, 1.82) is 5.26 Å². The smallest absolute Gasteiger partial charge is 0.257 e. The van der Waals surface area contributed by atoms with E-state index in [-0.39, 0.29) is 12.1 Å². The molecule has 0 saturated carbocycles. The monoisotopic (exact) mass is 450 g/mol. The van der Waals surface area contributed by atoms with Crippen molar-refractivity contribution in [2.24, 2.45) is 0 Å². The van der Waals surface area contributed by atoms with Crippen LogP contribution in [-0.4, -0.2) is 26.7 Å². The fourth-order valence-electron chi connectivity index (χ4n) is 3.60. The number of hydrogen-bond donors (Lipinski definition) is 2. The summed E-state index contributed by atoms with van der Waals surface area (Å²) < 4.78 is 4.39. The maximum absolute atomic E-state index is 12.7. The quantitative estimate of drug-likeness (QED) is 0.485. The Labute approximate surface area is 175 Å². The number of aromatic nitrogens is 2. The molecule has 4 aromatic rings. The van der Waals surface area contributed by atoms with Gasteiger partial charge in [0.2, 0.25) is 0 Å². The molecule has 0 aliphatic carbocycles. The number of aliphatic hydroxyl groups excluding tert-OH is 1. The van der Waals surface area contributed by atoms with Gasteiger partial charge in [-0.2, -0.15) is 5.26 Å². The van der Waals surface area contributed by atoms with Gasteiger partial charge in [0.15, 0.2) is 0 Å². The predicted molar refractivity (Wildman–Crippen MR) is 117 cm³/mol. The minimum absolute atomic E-state index is 0.186. The first-order valence-corrected chi connectivity index (χ1v) is 10.00. The molecule has 1 atom stereocenters. The van der Waals surface area contributed by atoms with Crippen LogP contribution in [0.1, 0.15) is 11.1 Å². The molecule has 0 unspecified atom stereocenters. The lowest BCUT2D eigenvalue weighted by Crippen LogP contribution is -2.25. The number of nitrogens with one attached hydrogen (secondary N) is 1. The van der Waals surface area contributed by atoms with Gasteiger partial charge in [-0.05, 0) is 48.9 Å². The summed E-state index contributed by atoms with van der Waals surface area (Å²) in [6, 6.07) is 18.9. The fourth-order valence-corrected chi connectivity index (χ4v) is 3.86. The van der Waals surface area contributed by atoms with Gasteiger partial charge in [0.05, 0.1) is 29.2 Å². The third kappa shape index (κ3) is 3.53. The van der Waals surface area contributed by atoms with Crippen molar-refractivity contribution < 1.29 is 5.11 Å². The van der Waals surface area contributed by atoms with E-state index in [4.69, 9.17) is 0 Å². The highest BCUT2D eigenvalue weighted by Crippen LogP contribution is 2.24. The summed E-state index contributed by atoms with van der Waals surface area (Å²) in [7, 11) is 0. The van der Waals surface area contributed by atoms with E-state index in [0.29, 0.717) is 23.3 Å². The number of hydrogen-bond acceptors (Lipinski definition) is 4. The predicted octanol–water partition coefficient (Wildman–Crippen LogP) is 3.67. The molecule has 29 heavy (non-hydrogen) atoms. The molecule has 2 N–H and O–H groups in total. The van der Waals surface area contributed by atoms with Crippen LogP contribution in [0.4, 0.5) is 5.69 Å². The van der Waals surface area contributed by atoms with Crippen LogP contribution in [-0.2, 0) is 6.54 Å². The molecule has 6 nitrogen and oxygen atoms in total. The highest BCUT2D eigenvalue weighted by Gasteiger charge is 2.19. The lowest BCUT2D eigenvalue weighted by molar-refractivity contribution is 0.169. The van der Waals surface area contributed by atoms with Crippen LogP contribution < -0.4 is 10.9 Å². The van der Waals surface area contributed by atoms with Gasteiger partial charge in [-0.15, -0.1) is 0 Å². The van der Waals surface area contributed by atoms with Gasteiger partial charge in [0.1, 0.15) is 11.7 Å². The zero-order valence-corrected chi connectivity index (χ0v) is 17.3. The number of aryl methyl sites for hydroxylation is 1. The van der Waals surface area contributed by atoms with Gasteiger partial charge in [0.25, 0.3) is 5.56 Å². The number of anilines is 1. The summed E-state index contributed by atoms with van der Waals surface area (Å²) in [5.41, 5.74) is 3.82. The van der Waals surface area contributed by atoms with E-state index in [1.165, 1.54) is 6.07 Å². The molecule has 0 aliphatic heterocycles. The normalized spacial score (nSPS) is 12.2. The minimum Gasteiger partial charge on any atom is -0.389 e. The molecule has 2 heterocycles. The zero-order valence-electron chi connectivity index (χ0n) is 15.8. The van der Waals surface area contributed by atoms with Gasteiger partial charge in [-0.25, -0.2) is 0 Å². The molecule has 0 bridgehead atoms. The van der Waals surface area contributed by atoms with Crippen LogP contribution in [0.15, 0.2) is 63.9 Å². The number of benzene rings is 2. The van der Waals surface area contributed by atoms with Crippen molar-refractivity contribution in [2.45, 2.75) is 19.6 Å². The number of nitrogens with zero attached hydrogens (tertiary/aromatic N) is 3. The molecule has 4 rings (SSSR count). The Balaban J connectivity index is 1.75. The molecule has 0 aliphatic rings. The first-order valence-electron chi connectivity index (χ1n) is 9.21. The van der Waals surface area contributed by atoms with E-state index in [2.05, 4.69) is 27.3 Å². The molecule has 0 spiro atoms. The van der Waals surface area contributed by atoms with Gasteiger partial charge in [-0.1, -0.05) is 28.1 Å². The van der Waals surface area contributed by atoms with Crippen molar-refractivity contribution in [3.63, 3.8) is 0 Å². The minimum atomic E-state index is -0.722. The number of imidazole rings is 1. The van der Waals surface area contributed by atoms with Crippen molar-refractivity contribution >= 4 is 38.3 Å². The lowest BCUT2D eigenvalue weighted by atomic mass is 10.1. The number of nitriles is 1. The van der Waals surface area contributed by atoms with Gasteiger partial charge in [0, 0.05) is 22.8 Å². The third-order valence-corrected chi connectivity index (χ3v) is 5.48. The summed E-state index contributed by atoms with van der Waals surface area (Å²) in [6.45, 7) is 2.34. The van der Waals surface area contributed by atoms with Crippen molar-refractivity contribution in [1.82, 2.24) is 8.97 Å². The van der Waals surface area contributed by atoms with Crippen LogP contribution in [0, 0.1) is 18.3 Å². The maximum atomic E-state index is 12.7. The number of pyridine rings is 1. The van der Waals surface area contributed by atoms with E-state index in [9.17, 15) is 15.2 Å². The van der Waals surface area contributed by atoms with Gasteiger partial charge >= 0.3 is 0 Å². The average Bonchev–Trinajstić information content (AvgIpc) is 3.03. The largest absolute Gasteiger partial charge is 0.389 e. The van der Waals surface area contributed by atoms with E-state index in [1.807, 2.05) is 53.1 Å². The first-order chi connectivity index (χ1) is 14.0. The van der Waals surface area contributed by atoms with Crippen molar-refractivity contribution in [3.05, 3.63) is 80.6 Å². The molecule has 2 aromatic carbocycles. The number of aliphatic hydroxyl groups is 1. The van der Waals surface area contributed by atoms with E-state index in [0.717, 1.165) is 21.2 Å². The van der Waals surface area contributed by atoms with Gasteiger partial charge < -0.3 is 15.0 Å². The number of para-hydroxylation sites is 2. The van der Waals surface area contributed by atoms with E-state index < -0.39 is 6.10 Å². The summed E-state index contributed by atoms with van der Waals surface area (Å²) in [5, 5.41) is 23.6. The Bertz CT molecular complexity index is 1300. The SMILES string of the molecule is Cc1cc(=O)n2c3ccccc3n(C[C@H](O)CNc3ccc(Br)cc3)c2c1C#N. The highest BCUT2D eigenvalue weighted by molar-refractivity contribution is 9.10. The van der Waals surface area contributed by atoms with Crippen LogP contribution in [0.3, 0.4) is 0 Å². The second-order valence-electron chi connectivity index (χ2n) is 6.95. The Morgan fingerprint density at radius 2 is 1.86 bits per heavy atom. The topological polar surface area (TPSA) is 82.5 Å². The second-order valence-corrected chi connectivity index (χ2v) is 7.87. The van der Waals surface area contributed by atoms with Gasteiger partial charge in [-0.3, -0.25) is 9.20 Å². The Hall–Kier alpha value is -3.08.